The molecule has 8 heteroatoms. The van der Waals surface area contributed by atoms with Crippen LogP contribution >= 0.6 is 0 Å². The molecule has 0 aromatic heterocycles. The average molecular weight is 286 g/mol. The van der Waals surface area contributed by atoms with Crippen molar-refractivity contribution < 1.29 is 30.4 Å². The minimum Gasteiger partial charge on any atom is -0.218 e. The van der Waals surface area contributed by atoms with Crippen molar-refractivity contribution in [3.05, 3.63) is 29.1 Å². The van der Waals surface area contributed by atoms with Crippen LogP contribution in [-0.2, 0) is 22.7 Å². The normalized spacial score (nSPS) is 18.1. The van der Waals surface area contributed by atoms with Crippen LogP contribution in [0.2, 0.25) is 0 Å². The molecule has 1 aromatic rings. The summed E-state index contributed by atoms with van der Waals surface area (Å²) in [5.74, 6) is -8.03. The van der Waals surface area contributed by atoms with Crippen molar-refractivity contribution in [3.63, 3.8) is 0 Å². The van der Waals surface area contributed by atoms with Gasteiger partial charge in [-0.1, -0.05) is 0 Å². The number of sulfone groups is 1. The van der Waals surface area contributed by atoms with Gasteiger partial charge in [0.05, 0.1) is 4.90 Å². The lowest BCUT2D eigenvalue weighted by Crippen LogP contribution is -2.17. The van der Waals surface area contributed by atoms with Crippen LogP contribution in [-0.4, -0.2) is 20.1 Å². The molecule has 0 saturated carbocycles. The Balaban J connectivity index is 2.66. The topological polar surface area (TPSA) is 34.1 Å². The summed E-state index contributed by atoms with van der Waals surface area (Å²) in [5, 5.41) is 0. The molecule has 1 aliphatic rings. The maximum atomic E-state index is 13.3. The van der Waals surface area contributed by atoms with Crippen molar-refractivity contribution >= 4 is 9.84 Å². The maximum Gasteiger partial charge on any atom is 0.341 e. The highest BCUT2D eigenvalue weighted by molar-refractivity contribution is 7.91. The summed E-state index contributed by atoms with van der Waals surface area (Å²) in [4.78, 5) is -0.911. The average Bonchev–Trinajstić information content (AvgIpc) is 2.54. The largest absolute Gasteiger partial charge is 0.341 e. The second kappa shape index (κ2) is 3.91. The lowest BCUT2D eigenvalue weighted by molar-refractivity contribution is 0.0123. The van der Waals surface area contributed by atoms with Gasteiger partial charge >= 0.3 is 5.76 Å². The number of fused-ring (bicyclic) bond motifs is 1. The third-order valence-electron chi connectivity index (χ3n) is 2.74. The smallest absolute Gasteiger partial charge is 0.218 e. The summed E-state index contributed by atoms with van der Waals surface area (Å²) in [5.41, 5.74) is -1.04. The van der Waals surface area contributed by atoms with Crippen LogP contribution < -0.4 is 0 Å². The van der Waals surface area contributed by atoms with Gasteiger partial charge in [-0.2, -0.15) is 8.78 Å². The van der Waals surface area contributed by atoms with Crippen molar-refractivity contribution in [2.75, 3.05) is 0 Å². The molecule has 0 bridgehead atoms. The van der Waals surface area contributed by atoms with Crippen molar-refractivity contribution in [1.82, 2.24) is 0 Å². The van der Waals surface area contributed by atoms with Gasteiger partial charge in [-0.3, -0.25) is 0 Å². The molecular formula is C10H7F5O2S. The number of halogens is 5. The first-order valence-electron chi connectivity index (χ1n) is 4.85. The van der Waals surface area contributed by atoms with E-state index in [2.05, 4.69) is 0 Å². The Bertz CT molecular complexity index is 595. The molecule has 0 atom stereocenters. The van der Waals surface area contributed by atoms with Gasteiger partial charge in [-0.25, -0.2) is 21.6 Å². The van der Waals surface area contributed by atoms with Crippen LogP contribution in [0.5, 0.6) is 0 Å². The molecule has 2 rings (SSSR count). The maximum absolute atomic E-state index is 13.3. The van der Waals surface area contributed by atoms with Crippen molar-refractivity contribution in [2.24, 2.45) is 0 Å². The van der Waals surface area contributed by atoms with Crippen LogP contribution in [0.25, 0.3) is 0 Å². The van der Waals surface area contributed by atoms with Gasteiger partial charge < -0.3 is 0 Å². The number of hydrogen-bond acceptors (Lipinski definition) is 2. The fraction of sp³-hybridized carbons (Fsp3) is 0.400. The quantitative estimate of drug-likeness (QED) is 0.618. The Labute approximate surface area is 99.3 Å². The van der Waals surface area contributed by atoms with Gasteiger partial charge in [0, 0.05) is 12.8 Å². The molecular weight excluding hydrogens is 279 g/mol. The number of hydrogen-bond donors (Lipinski definition) is 0. The van der Waals surface area contributed by atoms with Crippen LogP contribution in [0.3, 0.4) is 0 Å². The zero-order valence-corrected chi connectivity index (χ0v) is 9.58. The standard InChI is InChI=1S/C10H7F5O2S/c11-7-1-2-8(18(16,17)9(12)13)6-4-10(14,15)3-5(6)7/h1-2,9H,3-4H2. The zero-order chi connectivity index (χ0) is 13.7. The number of rotatable bonds is 2. The Morgan fingerprint density at radius 1 is 1.11 bits per heavy atom. The third kappa shape index (κ3) is 1.98. The zero-order valence-electron chi connectivity index (χ0n) is 8.76. The van der Waals surface area contributed by atoms with Crippen molar-refractivity contribution in [2.45, 2.75) is 29.4 Å². The highest BCUT2D eigenvalue weighted by atomic mass is 32.2. The SMILES string of the molecule is O=S(=O)(c1ccc(F)c2c1CC(F)(F)C2)C(F)F. The molecule has 1 aromatic carbocycles. The summed E-state index contributed by atoms with van der Waals surface area (Å²) in [6.07, 6.45) is -2.01. The second-order valence-electron chi connectivity index (χ2n) is 4.02. The van der Waals surface area contributed by atoms with Gasteiger partial charge in [0.15, 0.2) is 0 Å². The Morgan fingerprint density at radius 3 is 2.22 bits per heavy atom. The molecule has 2 nitrogen and oxygen atoms in total. The molecule has 0 heterocycles. The molecule has 100 valence electrons. The number of alkyl halides is 4. The van der Waals surface area contributed by atoms with Gasteiger partial charge in [-0.05, 0) is 23.3 Å². The Kier molecular flexibility index (Phi) is 2.88. The first-order valence-corrected chi connectivity index (χ1v) is 6.40. The van der Waals surface area contributed by atoms with E-state index < -0.39 is 56.2 Å². The van der Waals surface area contributed by atoms with E-state index in [1.54, 1.807) is 0 Å². The van der Waals surface area contributed by atoms with Crippen LogP contribution in [0.4, 0.5) is 22.0 Å². The minimum atomic E-state index is -5.00. The van der Waals surface area contributed by atoms with E-state index in [-0.39, 0.29) is 0 Å². The fourth-order valence-corrected chi connectivity index (χ4v) is 2.96. The van der Waals surface area contributed by atoms with Gasteiger partial charge in [-0.15, -0.1) is 0 Å². The summed E-state index contributed by atoms with van der Waals surface area (Å²) in [6.45, 7) is 0. The number of benzene rings is 1. The summed E-state index contributed by atoms with van der Waals surface area (Å²) in [7, 11) is -5.00. The first kappa shape index (κ1) is 13.3. The minimum absolute atomic E-state index is 0.498. The van der Waals surface area contributed by atoms with Crippen LogP contribution in [0, 0.1) is 5.82 Å². The third-order valence-corrected chi connectivity index (χ3v) is 4.21. The van der Waals surface area contributed by atoms with E-state index in [0.29, 0.717) is 12.1 Å². The molecule has 0 spiro atoms. The predicted molar refractivity (Wildman–Crippen MR) is 51.9 cm³/mol. The molecule has 0 radical (unpaired) electrons. The van der Waals surface area contributed by atoms with E-state index in [1.165, 1.54) is 0 Å². The molecule has 0 N–H and O–H groups in total. The molecule has 0 unspecified atom stereocenters. The molecule has 0 amide bonds. The van der Waals surface area contributed by atoms with E-state index in [0.717, 1.165) is 0 Å². The van der Waals surface area contributed by atoms with Gasteiger partial charge in [0.25, 0.3) is 5.92 Å². The molecule has 18 heavy (non-hydrogen) atoms. The Hall–Kier alpha value is -1.18. The van der Waals surface area contributed by atoms with Crippen molar-refractivity contribution in [1.29, 1.82) is 0 Å². The van der Waals surface area contributed by atoms with Crippen molar-refractivity contribution in [3.8, 4) is 0 Å². The molecule has 0 fully saturated rings. The van der Waals surface area contributed by atoms with Gasteiger partial charge in [0.2, 0.25) is 9.84 Å². The second-order valence-corrected chi connectivity index (χ2v) is 5.90. The van der Waals surface area contributed by atoms with E-state index in [1.807, 2.05) is 0 Å². The van der Waals surface area contributed by atoms with E-state index in [4.69, 9.17) is 0 Å². The fourth-order valence-electron chi connectivity index (χ4n) is 1.97. The monoisotopic (exact) mass is 286 g/mol. The predicted octanol–water partition coefficient (Wildman–Crippen LogP) is 2.56. The summed E-state index contributed by atoms with van der Waals surface area (Å²) < 4.78 is 86.9. The lowest BCUT2D eigenvalue weighted by Gasteiger charge is -2.09. The molecule has 0 aliphatic heterocycles. The van der Waals surface area contributed by atoms with Crippen LogP contribution in [0.15, 0.2) is 17.0 Å². The Morgan fingerprint density at radius 2 is 1.67 bits per heavy atom. The van der Waals surface area contributed by atoms with E-state index >= 15 is 0 Å². The first-order chi connectivity index (χ1) is 8.15. The highest BCUT2D eigenvalue weighted by Crippen LogP contribution is 2.39. The van der Waals surface area contributed by atoms with E-state index in [9.17, 15) is 30.4 Å². The van der Waals surface area contributed by atoms with Gasteiger partial charge in [0.1, 0.15) is 5.82 Å². The molecule has 1 aliphatic carbocycles. The highest BCUT2D eigenvalue weighted by Gasteiger charge is 2.43. The summed E-state index contributed by atoms with van der Waals surface area (Å²) >= 11 is 0. The lowest BCUT2D eigenvalue weighted by atomic mass is 10.1. The van der Waals surface area contributed by atoms with Crippen LogP contribution in [0.1, 0.15) is 11.1 Å². The molecule has 0 saturated heterocycles. The summed E-state index contributed by atoms with van der Waals surface area (Å²) in [6, 6.07) is 1.23.